The molecule has 0 bridgehead atoms. The molecule has 3 N–H and O–H groups in total. The fourth-order valence-electron chi connectivity index (χ4n) is 2.10. The molecule has 0 aliphatic carbocycles. The minimum absolute atomic E-state index is 0.210. The van der Waals surface area contributed by atoms with Gasteiger partial charge in [0.05, 0.1) is 0 Å². The first-order valence-corrected chi connectivity index (χ1v) is 8.26. The van der Waals surface area contributed by atoms with Gasteiger partial charge in [-0.15, -0.1) is 0 Å². The second-order valence-electron chi connectivity index (χ2n) is 7.00. The van der Waals surface area contributed by atoms with Crippen LogP contribution in [0, 0.1) is 12.3 Å². The first-order valence-electron chi connectivity index (χ1n) is 8.26. The number of hydrogen-bond donors (Lipinski definition) is 3. The van der Waals surface area contributed by atoms with Gasteiger partial charge in [-0.1, -0.05) is 39.0 Å². The summed E-state index contributed by atoms with van der Waals surface area (Å²) in [6.07, 6.45) is 0. The van der Waals surface area contributed by atoms with Gasteiger partial charge in [0.15, 0.2) is 0 Å². The highest BCUT2D eigenvalue weighted by Crippen LogP contribution is 2.14. The summed E-state index contributed by atoms with van der Waals surface area (Å²) in [7, 11) is 0. The van der Waals surface area contributed by atoms with Crippen molar-refractivity contribution in [1.29, 1.82) is 0 Å². The van der Waals surface area contributed by atoms with Gasteiger partial charge in [0.2, 0.25) is 5.91 Å². The van der Waals surface area contributed by atoms with Gasteiger partial charge in [-0.25, -0.2) is 0 Å². The van der Waals surface area contributed by atoms with Crippen molar-refractivity contribution >= 4 is 23.4 Å². The molecule has 2 rings (SSSR count). The van der Waals surface area contributed by atoms with Gasteiger partial charge in [0, 0.05) is 22.2 Å². The van der Waals surface area contributed by atoms with Crippen LogP contribution in [0.15, 0.2) is 48.5 Å². The molecule has 26 heavy (non-hydrogen) atoms. The van der Waals surface area contributed by atoms with Gasteiger partial charge in [-0.2, -0.15) is 0 Å². The van der Waals surface area contributed by atoms with Crippen LogP contribution in [0.5, 0.6) is 0 Å². The summed E-state index contributed by atoms with van der Waals surface area (Å²) in [4.78, 5) is 36.1. The van der Waals surface area contributed by atoms with E-state index in [1.165, 1.54) is 0 Å². The number of nitrogens with one attached hydrogen (secondary N) is 3. The zero-order valence-corrected chi connectivity index (χ0v) is 15.3. The number of amides is 3. The number of carbonyl (C=O) groups is 3. The summed E-state index contributed by atoms with van der Waals surface area (Å²) in [5.41, 5.74) is 6.59. The van der Waals surface area contributed by atoms with Crippen molar-refractivity contribution in [3.05, 3.63) is 65.2 Å². The van der Waals surface area contributed by atoms with E-state index in [0.717, 1.165) is 5.56 Å². The Morgan fingerprint density at radius 3 is 2.00 bits per heavy atom. The molecule has 136 valence electrons. The lowest BCUT2D eigenvalue weighted by Crippen LogP contribution is -2.46. The average Bonchev–Trinajstić information content (AvgIpc) is 2.59. The van der Waals surface area contributed by atoms with Gasteiger partial charge in [0.25, 0.3) is 11.8 Å². The molecule has 0 atom stereocenters. The van der Waals surface area contributed by atoms with Crippen molar-refractivity contribution in [3.63, 3.8) is 0 Å². The lowest BCUT2D eigenvalue weighted by Gasteiger charge is -2.17. The van der Waals surface area contributed by atoms with Gasteiger partial charge >= 0.3 is 0 Å². The van der Waals surface area contributed by atoms with E-state index in [-0.39, 0.29) is 11.8 Å². The molecule has 6 heteroatoms. The highest BCUT2D eigenvalue weighted by atomic mass is 16.2. The standard InChI is InChI=1S/C20H23N3O3/c1-13-7-5-6-8-16(13)18(25)21-15-11-9-14(10-12-15)17(24)22-23-19(26)20(2,3)4/h5-12H,1-4H3,(H,21,25)(H,22,24)(H,23,26). The minimum Gasteiger partial charge on any atom is -0.322 e. The van der Waals surface area contributed by atoms with E-state index in [1.54, 1.807) is 57.2 Å². The first-order chi connectivity index (χ1) is 12.2. The molecule has 0 fully saturated rings. The van der Waals surface area contributed by atoms with Crippen molar-refractivity contribution in [2.24, 2.45) is 5.41 Å². The van der Waals surface area contributed by atoms with E-state index in [9.17, 15) is 14.4 Å². The van der Waals surface area contributed by atoms with Crippen molar-refractivity contribution in [2.75, 3.05) is 5.32 Å². The Hall–Kier alpha value is -3.15. The normalized spacial score (nSPS) is 10.8. The second kappa shape index (κ2) is 7.82. The Morgan fingerprint density at radius 1 is 0.808 bits per heavy atom. The largest absolute Gasteiger partial charge is 0.322 e. The Morgan fingerprint density at radius 2 is 1.42 bits per heavy atom. The lowest BCUT2D eigenvalue weighted by molar-refractivity contribution is -0.129. The first kappa shape index (κ1) is 19.2. The predicted molar refractivity (Wildman–Crippen MR) is 101 cm³/mol. The van der Waals surface area contributed by atoms with Crippen LogP contribution in [0.1, 0.15) is 47.1 Å². The number of hydrazine groups is 1. The molecule has 0 aliphatic rings. The number of aryl methyl sites for hydroxylation is 1. The van der Waals surface area contributed by atoms with Crippen molar-refractivity contribution < 1.29 is 14.4 Å². The second-order valence-corrected chi connectivity index (χ2v) is 7.00. The number of hydrogen-bond acceptors (Lipinski definition) is 3. The van der Waals surface area contributed by atoms with Crippen LogP contribution in [0.25, 0.3) is 0 Å². The fourth-order valence-corrected chi connectivity index (χ4v) is 2.10. The summed E-state index contributed by atoms with van der Waals surface area (Å²) in [5, 5.41) is 2.79. The summed E-state index contributed by atoms with van der Waals surface area (Å²) < 4.78 is 0. The zero-order chi connectivity index (χ0) is 19.3. The Labute approximate surface area is 153 Å². The van der Waals surface area contributed by atoms with Crippen molar-refractivity contribution in [2.45, 2.75) is 27.7 Å². The number of anilines is 1. The quantitative estimate of drug-likeness (QED) is 0.741. The summed E-state index contributed by atoms with van der Waals surface area (Å²) in [5.74, 6) is -0.926. The molecule has 0 saturated heterocycles. The summed E-state index contributed by atoms with van der Waals surface area (Å²) in [6, 6.07) is 13.7. The van der Waals surface area contributed by atoms with Crippen LogP contribution in [0.4, 0.5) is 5.69 Å². The van der Waals surface area contributed by atoms with Crippen LogP contribution in [-0.2, 0) is 4.79 Å². The number of carbonyl (C=O) groups excluding carboxylic acids is 3. The molecule has 2 aromatic carbocycles. The van der Waals surface area contributed by atoms with Crippen molar-refractivity contribution in [1.82, 2.24) is 10.9 Å². The third kappa shape index (κ3) is 4.92. The van der Waals surface area contributed by atoms with E-state index >= 15 is 0 Å². The minimum atomic E-state index is -0.600. The SMILES string of the molecule is Cc1ccccc1C(=O)Nc1ccc(C(=O)NNC(=O)C(C)(C)C)cc1. The lowest BCUT2D eigenvalue weighted by atomic mass is 9.96. The van der Waals surface area contributed by atoms with Crippen LogP contribution in [0.3, 0.4) is 0 Å². The van der Waals surface area contributed by atoms with Gasteiger partial charge in [-0.3, -0.25) is 25.2 Å². The summed E-state index contributed by atoms with van der Waals surface area (Å²) >= 11 is 0. The average molecular weight is 353 g/mol. The summed E-state index contributed by atoms with van der Waals surface area (Å²) in [6.45, 7) is 7.12. The number of rotatable bonds is 3. The van der Waals surface area contributed by atoms with Crippen LogP contribution >= 0.6 is 0 Å². The molecule has 2 aromatic rings. The maximum atomic E-state index is 12.3. The van der Waals surface area contributed by atoms with E-state index in [4.69, 9.17) is 0 Å². The molecule has 0 heterocycles. The molecule has 3 amide bonds. The molecule has 0 spiro atoms. The van der Waals surface area contributed by atoms with E-state index < -0.39 is 11.3 Å². The van der Waals surface area contributed by atoms with Gasteiger partial charge in [-0.05, 0) is 42.8 Å². The van der Waals surface area contributed by atoms with Crippen LogP contribution < -0.4 is 16.2 Å². The smallest absolute Gasteiger partial charge is 0.269 e. The van der Waals surface area contributed by atoms with Crippen LogP contribution in [-0.4, -0.2) is 17.7 Å². The van der Waals surface area contributed by atoms with Gasteiger partial charge < -0.3 is 5.32 Å². The van der Waals surface area contributed by atoms with Crippen molar-refractivity contribution in [3.8, 4) is 0 Å². The molecule has 0 unspecified atom stereocenters. The third-order valence-corrected chi connectivity index (χ3v) is 3.77. The fraction of sp³-hybridized carbons (Fsp3) is 0.250. The molecule has 0 aliphatic heterocycles. The van der Waals surface area contributed by atoms with E-state index in [1.807, 2.05) is 19.1 Å². The third-order valence-electron chi connectivity index (χ3n) is 3.77. The topological polar surface area (TPSA) is 87.3 Å². The van der Waals surface area contributed by atoms with Crippen LogP contribution in [0.2, 0.25) is 0 Å². The Balaban J connectivity index is 1.97. The predicted octanol–water partition coefficient (Wildman–Crippen LogP) is 3.05. The zero-order valence-electron chi connectivity index (χ0n) is 15.3. The number of benzene rings is 2. The molecular formula is C20H23N3O3. The maximum Gasteiger partial charge on any atom is 0.269 e. The highest BCUT2D eigenvalue weighted by Gasteiger charge is 2.21. The van der Waals surface area contributed by atoms with E-state index in [0.29, 0.717) is 16.8 Å². The Bertz CT molecular complexity index is 821. The molecular weight excluding hydrogens is 330 g/mol. The molecule has 0 radical (unpaired) electrons. The van der Waals surface area contributed by atoms with Gasteiger partial charge in [0.1, 0.15) is 0 Å². The Kier molecular flexibility index (Phi) is 5.77. The maximum absolute atomic E-state index is 12.3. The van der Waals surface area contributed by atoms with E-state index in [2.05, 4.69) is 16.2 Å². The monoisotopic (exact) mass is 353 g/mol. The molecule has 0 aromatic heterocycles. The molecule has 0 saturated carbocycles. The molecule has 6 nitrogen and oxygen atoms in total. The highest BCUT2D eigenvalue weighted by molar-refractivity contribution is 6.05.